The van der Waals surface area contributed by atoms with Crippen molar-refractivity contribution < 1.29 is 27.9 Å². The molecular weight excluding hydrogens is 390 g/mol. The second-order valence-electron chi connectivity index (χ2n) is 6.10. The Labute approximate surface area is 162 Å². The van der Waals surface area contributed by atoms with Gasteiger partial charge in [0.05, 0.1) is 17.1 Å². The van der Waals surface area contributed by atoms with E-state index in [2.05, 4.69) is 5.32 Å². The normalized spacial score (nSPS) is 17.6. The van der Waals surface area contributed by atoms with Gasteiger partial charge < -0.3 is 9.64 Å². The lowest BCUT2D eigenvalue weighted by Gasteiger charge is -2.30. The van der Waals surface area contributed by atoms with E-state index in [0.717, 1.165) is 6.07 Å². The summed E-state index contributed by atoms with van der Waals surface area (Å²) in [6, 6.07) is 8.28. The van der Waals surface area contributed by atoms with Crippen LogP contribution in [0, 0.1) is 11.6 Å². The molecule has 0 unspecified atom stereocenters. The minimum absolute atomic E-state index is 0.0801. The summed E-state index contributed by atoms with van der Waals surface area (Å²) in [4.78, 5) is 36.8. The molecule has 0 spiro atoms. The highest BCUT2D eigenvalue weighted by atomic mass is 32.2. The van der Waals surface area contributed by atoms with Crippen LogP contribution in [-0.4, -0.2) is 23.7 Å². The van der Waals surface area contributed by atoms with Crippen molar-refractivity contribution in [3.05, 3.63) is 64.1 Å². The van der Waals surface area contributed by atoms with Gasteiger partial charge >= 0.3 is 0 Å². The monoisotopic (exact) mass is 402 g/mol. The predicted molar refractivity (Wildman–Crippen MR) is 98.6 cm³/mol. The first-order valence-corrected chi connectivity index (χ1v) is 8.98. The molecule has 2 heterocycles. The summed E-state index contributed by atoms with van der Waals surface area (Å²) in [6.07, 6.45) is 1.36. The van der Waals surface area contributed by atoms with Crippen molar-refractivity contribution in [3.8, 4) is 5.75 Å². The van der Waals surface area contributed by atoms with E-state index >= 15 is 0 Å². The topological polar surface area (TPSA) is 75.7 Å². The van der Waals surface area contributed by atoms with Gasteiger partial charge in [0.2, 0.25) is 0 Å². The third-order valence-electron chi connectivity index (χ3n) is 4.17. The Morgan fingerprint density at radius 2 is 1.89 bits per heavy atom. The van der Waals surface area contributed by atoms with Crippen molar-refractivity contribution in [2.75, 3.05) is 11.5 Å². The van der Waals surface area contributed by atoms with Crippen LogP contribution in [0.25, 0.3) is 6.08 Å². The number of thioether (sulfide) groups is 1. The molecule has 0 atom stereocenters. The number of carbonyl (C=O) groups excluding carboxylic acids is 3. The molecule has 0 aliphatic carbocycles. The quantitative estimate of drug-likeness (QED) is 0.798. The van der Waals surface area contributed by atoms with Crippen molar-refractivity contribution >= 4 is 40.6 Å². The highest BCUT2D eigenvalue weighted by Crippen LogP contribution is 2.38. The van der Waals surface area contributed by atoms with Gasteiger partial charge in [0.25, 0.3) is 17.1 Å². The van der Waals surface area contributed by atoms with Crippen LogP contribution in [-0.2, 0) is 16.1 Å². The number of imide groups is 1. The van der Waals surface area contributed by atoms with Gasteiger partial charge in [-0.1, -0.05) is 12.1 Å². The molecule has 3 amide bonds. The predicted octanol–water partition coefficient (Wildman–Crippen LogP) is 3.21. The fourth-order valence-electron chi connectivity index (χ4n) is 2.89. The van der Waals surface area contributed by atoms with E-state index < -0.39 is 22.8 Å². The Kier molecular flexibility index (Phi) is 4.60. The Morgan fingerprint density at radius 3 is 2.57 bits per heavy atom. The van der Waals surface area contributed by atoms with E-state index in [9.17, 15) is 23.2 Å². The second-order valence-corrected chi connectivity index (χ2v) is 7.11. The molecule has 1 fully saturated rings. The lowest BCUT2D eigenvalue weighted by molar-refractivity contribution is -0.121. The summed E-state index contributed by atoms with van der Waals surface area (Å²) >= 11 is 0.709. The zero-order chi connectivity index (χ0) is 19.8. The summed E-state index contributed by atoms with van der Waals surface area (Å²) in [5, 5.41) is 1.61. The SMILES string of the molecule is O=C1NC(=O)/C(=C\c2cc(F)c3c(c2)N(Cc2ccc(F)cc2)C(=O)CO3)S1. The number of fused-ring (bicyclic) bond motifs is 1. The smallest absolute Gasteiger partial charge is 0.290 e. The van der Waals surface area contributed by atoms with Crippen LogP contribution in [0.15, 0.2) is 41.3 Å². The molecule has 1 saturated heterocycles. The van der Waals surface area contributed by atoms with Gasteiger partial charge in [0.15, 0.2) is 18.2 Å². The lowest BCUT2D eigenvalue weighted by atomic mass is 10.1. The van der Waals surface area contributed by atoms with E-state index in [1.165, 1.54) is 41.3 Å². The van der Waals surface area contributed by atoms with Gasteiger partial charge in [-0.2, -0.15) is 0 Å². The van der Waals surface area contributed by atoms with E-state index in [1.807, 2.05) is 0 Å². The highest BCUT2D eigenvalue weighted by Gasteiger charge is 2.30. The summed E-state index contributed by atoms with van der Waals surface area (Å²) in [5.74, 6) is -2.13. The molecule has 2 aromatic rings. The van der Waals surface area contributed by atoms with E-state index in [1.54, 1.807) is 0 Å². The molecule has 0 saturated carbocycles. The largest absolute Gasteiger partial charge is 0.478 e. The number of amides is 3. The number of rotatable bonds is 3. The van der Waals surface area contributed by atoms with Crippen molar-refractivity contribution in [2.45, 2.75) is 6.54 Å². The molecule has 2 aliphatic heterocycles. The Bertz CT molecular complexity index is 1040. The minimum Gasteiger partial charge on any atom is -0.478 e. The molecule has 0 aromatic heterocycles. The van der Waals surface area contributed by atoms with Crippen molar-refractivity contribution in [1.82, 2.24) is 5.32 Å². The number of nitrogens with zero attached hydrogens (tertiary/aromatic N) is 1. The molecule has 9 heteroatoms. The van der Waals surface area contributed by atoms with Crippen molar-refractivity contribution in [1.29, 1.82) is 0 Å². The molecule has 0 bridgehead atoms. The van der Waals surface area contributed by atoms with Crippen LogP contribution >= 0.6 is 11.8 Å². The van der Waals surface area contributed by atoms with Crippen LogP contribution in [0.5, 0.6) is 5.75 Å². The number of hydrogen-bond acceptors (Lipinski definition) is 5. The number of hydrogen-bond donors (Lipinski definition) is 1. The summed E-state index contributed by atoms with van der Waals surface area (Å²) in [6.45, 7) is -0.221. The van der Waals surface area contributed by atoms with Crippen molar-refractivity contribution in [3.63, 3.8) is 0 Å². The van der Waals surface area contributed by atoms with E-state index in [4.69, 9.17) is 4.74 Å². The van der Waals surface area contributed by atoms with Gasteiger partial charge in [-0.25, -0.2) is 8.78 Å². The van der Waals surface area contributed by atoms with Crippen LogP contribution in [0.3, 0.4) is 0 Å². The second kappa shape index (κ2) is 7.08. The third kappa shape index (κ3) is 3.48. The van der Waals surface area contributed by atoms with E-state index in [-0.39, 0.29) is 35.4 Å². The number of carbonyl (C=O) groups is 3. The highest BCUT2D eigenvalue weighted by molar-refractivity contribution is 8.18. The molecule has 28 heavy (non-hydrogen) atoms. The van der Waals surface area contributed by atoms with Crippen LogP contribution < -0.4 is 15.0 Å². The van der Waals surface area contributed by atoms with Gasteiger partial charge in [-0.3, -0.25) is 19.7 Å². The van der Waals surface area contributed by atoms with Crippen LogP contribution in [0.4, 0.5) is 19.3 Å². The summed E-state index contributed by atoms with van der Waals surface area (Å²) < 4.78 is 32.9. The summed E-state index contributed by atoms with van der Waals surface area (Å²) in [5.41, 5.74) is 1.15. The maximum atomic E-state index is 14.6. The number of nitrogens with one attached hydrogen (secondary N) is 1. The Hall–Kier alpha value is -3.20. The number of benzene rings is 2. The molecule has 6 nitrogen and oxygen atoms in total. The zero-order valence-corrected chi connectivity index (χ0v) is 15.0. The number of ether oxygens (including phenoxy) is 1. The first kappa shape index (κ1) is 18.2. The third-order valence-corrected chi connectivity index (χ3v) is 4.98. The number of halogens is 2. The minimum atomic E-state index is -0.698. The Morgan fingerprint density at radius 1 is 1.14 bits per heavy atom. The number of anilines is 1. The van der Waals surface area contributed by atoms with Crippen LogP contribution in [0.2, 0.25) is 0 Å². The first-order valence-electron chi connectivity index (χ1n) is 8.17. The molecule has 0 radical (unpaired) electrons. The molecule has 4 rings (SSSR count). The fraction of sp³-hybridized carbons (Fsp3) is 0.105. The molecular formula is C19H12F2N2O4S. The molecule has 1 N–H and O–H groups in total. The van der Waals surface area contributed by atoms with Crippen molar-refractivity contribution in [2.24, 2.45) is 0 Å². The van der Waals surface area contributed by atoms with Gasteiger partial charge in [-0.05, 0) is 53.2 Å². The zero-order valence-electron chi connectivity index (χ0n) is 14.2. The Balaban J connectivity index is 1.72. The van der Waals surface area contributed by atoms with E-state index in [0.29, 0.717) is 22.9 Å². The maximum Gasteiger partial charge on any atom is 0.290 e. The summed E-state index contributed by atoms with van der Waals surface area (Å²) in [7, 11) is 0. The lowest BCUT2D eigenvalue weighted by Crippen LogP contribution is -2.38. The molecule has 142 valence electrons. The standard InChI is InChI=1S/C19H12F2N2O4S/c20-12-3-1-10(2-4-12)8-23-14-6-11(7-15-18(25)22-19(26)28-15)5-13(21)17(14)27-9-16(23)24/h1-7H,8-9H2,(H,22,25,26)/b15-7+. The van der Waals surface area contributed by atoms with Gasteiger partial charge in [-0.15, -0.1) is 0 Å². The first-order chi connectivity index (χ1) is 13.4. The maximum absolute atomic E-state index is 14.6. The average Bonchev–Trinajstić information content (AvgIpc) is 2.96. The van der Waals surface area contributed by atoms with Gasteiger partial charge in [0, 0.05) is 0 Å². The molecule has 2 aliphatic rings. The van der Waals surface area contributed by atoms with Gasteiger partial charge in [0.1, 0.15) is 5.82 Å². The molecule has 2 aromatic carbocycles. The average molecular weight is 402 g/mol. The fourth-order valence-corrected chi connectivity index (χ4v) is 3.57. The van der Waals surface area contributed by atoms with Crippen LogP contribution in [0.1, 0.15) is 11.1 Å².